The Morgan fingerprint density at radius 1 is 0.969 bits per heavy atom. The fraction of sp³-hybridized carbons (Fsp3) is 0.130. The van der Waals surface area contributed by atoms with E-state index in [0.717, 1.165) is 11.1 Å². The number of benzene rings is 3. The fourth-order valence-corrected chi connectivity index (χ4v) is 5.13. The minimum absolute atomic E-state index is 0.0572. The second-order valence-corrected chi connectivity index (χ2v) is 10.1. The maximum Gasteiger partial charge on any atom is 0.262 e. The molecule has 0 amide bonds. The monoisotopic (exact) mass is 485 g/mol. The Kier molecular flexibility index (Phi) is 6.66. The molecule has 3 aromatic carbocycles. The number of halogens is 1. The third kappa shape index (κ3) is 5.05. The second kappa shape index (κ2) is 9.46. The number of aromatic nitrogens is 2. The van der Waals surface area contributed by atoms with Crippen LogP contribution in [0.5, 0.6) is 0 Å². The Morgan fingerprint density at radius 2 is 1.66 bits per heavy atom. The molecule has 0 aliphatic heterocycles. The Labute approximate surface area is 195 Å². The summed E-state index contributed by atoms with van der Waals surface area (Å²) in [5.74, 6) is 0.577. The van der Waals surface area contributed by atoms with E-state index in [4.69, 9.17) is 21.7 Å². The van der Waals surface area contributed by atoms with Crippen LogP contribution in [0.25, 0.3) is 10.9 Å². The van der Waals surface area contributed by atoms with Gasteiger partial charge in [-0.05, 0) is 47.9 Å². The number of para-hydroxylation sites is 1. The van der Waals surface area contributed by atoms with Gasteiger partial charge in [0, 0.05) is 17.3 Å². The Morgan fingerprint density at radius 3 is 2.38 bits per heavy atom. The van der Waals surface area contributed by atoms with E-state index in [1.807, 2.05) is 42.5 Å². The number of thioether (sulfide) groups is 1. The number of nitrogens with two attached hydrogens (primary N) is 1. The molecule has 0 unspecified atom stereocenters. The zero-order valence-electron chi connectivity index (χ0n) is 16.9. The number of sulfonamides is 1. The molecule has 32 heavy (non-hydrogen) atoms. The van der Waals surface area contributed by atoms with E-state index in [0.29, 0.717) is 39.8 Å². The zero-order valence-corrected chi connectivity index (χ0v) is 19.3. The van der Waals surface area contributed by atoms with Crippen LogP contribution in [0.1, 0.15) is 11.1 Å². The summed E-state index contributed by atoms with van der Waals surface area (Å²) in [7, 11) is -3.74. The summed E-state index contributed by atoms with van der Waals surface area (Å²) in [5.41, 5.74) is 2.39. The molecule has 0 saturated heterocycles. The van der Waals surface area contributed by atoms with Crippen molar-refractivity contribution in [2.24, 2.45) is 5.14 Å². The first kappa shape index (κ1) is 22.5. The van der Waals surface area contributed by atoms with Crippen molar-refractivity contribution in [1.82, 2.24) is 9.55 Å². The van der Waals surface area contributed by atoms with E-state index in [1.165, 1.54) is 23.9 Å². The van der Waals surface area contributed by atoms with Crippen LogP contribution in [0.2, 0.25) is 5.02 Å². The Hall–Kier alpha value is -2.65. The highest BCUT2D eigenvalue weighted by molar-refractivity contribution is 7.98. The van der Waals surface area contributed by atoms with Gasteiger partial charge in [-0.2, -0.15) is 0 Å². The predicted octanol–water partition coefficient (Wildman–Crippen LogP) is 4.23. The molecular formula is C23H20ClN3O3S2. The van der Waals surface area contributed by atoms with Crippen LogP contribution in [0.4, 0.5) is 0 Å². The number of hydrogen-bond acceptors (Lipinski definition) is 5. The number of nitrogens with zero attached hydrogens (tertiary/aromatic N) is 2. The number of rotatable bonds is 7. The summed E-state index contributed by atoms with van der Waals surface area (Å²) in [6, 6.07) is 21.2. The molecule has 9 heteroatoms. The maximum absolute atomic E-state index is 13.2. The summed E-state index contributed by atoms with van der Waals surface area (Å²) in [6.45, 7) is 0.399. The van der Waals surface area contributed by atoms with Gasteiger partial charge in [-0.25, -0.2) is 18.5 Å². The van der Waals surface area contributed by atoms with Crippen LogP contribution in [0.3, 0.4) is 0 Å². The van der Waals surface area contributed by atoms with Crippen LogP contribution in [-0.4, -0.2) is 18.0 Å². The third-order valence-corrected chi connectivity index (χ3v) is 7.34. The smallest absolute Gasteiger partial charge is 0.262 e. The van der Waals surface area contributed by atoms with E-state index in [-0.39, 0.29) is 10.5 Å². The van der Waals surface area contributed by atoms with Crippen LogP contribution in [-0.2, 0) is 28.7 Å². The van der Waals surface area contributed by atoms with Crippen molar-refractivity contribution < 1.29 is 8.42 Å². The van der Waals surface area contributed by atoms with Gasteiger partial charge < -0.3 is 0 Å². The van der Waals surface area contributed by atoms with Gasteiger partial charge in [-0.1, -0.05) is 65.8 Å². The lowest BCUT2D eigenvalue weighted by Crippen LogP contribution is -2.24. The molecule has 1 aromatic heterocycles. The molecule has 0 bridgehead atoms. The van der Waals surface area contributed by atoms with Crippen molar-refractivity contribution in [3.05, 3.63) is 99.3 Å². The number of aryl methyl sites for hydroxylation is 1. The van der Waals surface area contributed by atoms with E-state index in [1.54, 1.807) is 22.8 Å². The molecule has 0 atom stereocenters. The molecule has 0 saturated carbocycles. The van der Waals surface area contributed by atoms with E-state index >= 15 is 0 Å². The molecule has 1 heterocycles. The third-order valence-electron chi connectivity index (χ3n) is 5.02. The highest BCUT2D eigenvalue weighted by atomic mass is 35.5. The van der Waals surface area contributed by atoms with Crippen molar-refractivity contribution in [2.45, 2.75) is 28.8 Å². The van der Waals surface area contributed by atoms with Crippen molar-refractivity contribution in [3.63, 3.8) is 0 Å². The molecular weight excluding hydrogens is 466 g/mol. The van der Waals surface area contributed by atoms with Gasteiger partial charge >= 0.3 is 0 Å². The molecule has 2 N–H and O–H groups in total. The summed E-state index contributed by atoms with van der Waals surface area (Å²) < 4.78 is 24.6. The Balaban J connectivity index is 1.64. The molecule has 0 aliphatic rings. The van der Waals surface area contributed by atoms with Crippen LogP contribution >= 0.6 is 23.4 Å². The molecule has 0 radical (unpaired) electrons. The lowest BCUT2D eigenvalue weighted by molar-refractivity contribution is 0.594. The molecule has 164 valence electrons. The zero-order chi connectivity index (χ0) is 22.7. The highest BCUT2D eigenvalue weighted by Gasteiger charge is 2.13. The molecule has 6 nitrogen and oxygen atoms in total. The van der Waals surface area contributed by atoms with Gasteiger partial charge in [-0.3, -0.25) is 9.36 Å². The van der Waals surface area contributed by atoms with Gasteiger partial charge in [0.2, 0.25) is 10.0 Å². The van der Waals surface area contributed by atoms with Gasteiger partial charge in [0.15, 0.2) is 5.16 Å². The van der Waals surface area contributed by atoms with Crippen LogP contribution < -0.4 is 10.7 Å². The lowest BCUT2D eigenvalue weighted by atomic mass is 10.1. The van der Waals surface area contributed by atoms with E-state index in [9.17, 15) is 13.2 Å². The average Bonchev–Trinajstić information content (AvgIpc) is 2.78. The number of fused-ring (bicyclic) bond motifs is 1. The minimum atomic E-state index is -3.74. The topological polar surface area (TPSA) is 95.1 Å². The van der Waals surface area contributed by atoms with Crippen LogP contribution in [0.15, 0.2) is 87.6 Å². The standard InChI is InChI=1S/C23H20ClN3O3S2/c24-20-7-3-1-5-17(20)15-31-23-26-21-8-4-2-6-19(21)22(28)27(23)14-13-16-9-11-18(12-10-16)32(25,29)30/h1-12H,13-15H2,(H2,25,29,30). The number of hydrogen-bond donors (Lipinski definition) is 1. The van der Waals surface area contributed by atoms with Gasteiger partial charge in [0.1, 0.15) is 0 Å². The van der Waals surface area contributed by atoms with Crippen LogP contribution in [0, 0.1) is 0 Å². The predicted molar refractivity (Wildman–Crippen MR) is 129 cm³/mol. The highest BCUT2D eigenvalue weighted by Crippen LogP contribution is 2.26. The molecule has 0 spiro atoms. The van der Waals surface area contributed by atoms with Gasteiger partial charge in [0.05, 0.1) is 15.8 Å². The molecule has 0 fully saturated rings. The van der Waals surface area contributed by atoms with Crippen molar-refractivity contribution in [2.75, 3.05) is 0 Å². The van der Waals surface area contributed by atoms with Gasteiger partial charge in [0.25, 0.3) is 5.56 Å². The fourth-order valence-electron chi connectivity index (χ4n) is 3.30. The first-order chi connectivity index (χ1) is 15.3. The average molecular weight is 486 g/mol. The molecule has 4 rings (SSSR count). The summed E-state index contributed by atoms with van der Waals surface area (Å²) in [6.07, 6.45) is 0.532. The largest absolute Gasteiger partial charge is 0.287 e. The summed E-state index contributed by atoms with van der Waals surface area (Å²) in [5, 5.41) is 6.99. The Bertz CT molecular complexity index is 1440. The SMILES string of the molecule is NS(=O)(=O)c1ccc(CCn2c(SCc3ccccc3Cl)nc3ccccc3c2=O)cc1. The first-order valence-corrected chi connectivity index (χ1v) is 12.7. The first-order valence-electron chi connectivity index (χ1n) is 9.80. The van der Waals surface area contributed by atoms with Gasteiger partial charge in [-0.15, -0.1) is 0 Å². The normalized spacial score (nSPS) is 11.7. The van der Waals surface area contributed by atoms with Crippen molar-refractivity contribution in [3.8, 4) is 0 Å². The maximum atomic E-state index is 13.2. The quantitative estimate of drug-likeness (QED) is 0.312. The van der Waals surface area contributed by atoms with Crippen molar-refractivity contribution in [1.29, 1.82) is 0 Å². The van der Waals surface area contributed by atoms with E-state index < -0.39 is 10.0 Å². The lowest BCUT2D eigenvalue weighted by Gasteiger charge is -2.14. The summed E-state index contributed by atoms with van der Waals surface area (Å²) in [4.78, 5) is 18.0. The molecule has 4 aromatic rings. The van der Waals surface area contributed by atoms with Crippen molar-refractivity contribution >= 4 is 44.3 Å². The minimum Gasteiger partial charge on any atom is -0.287 e. The second-order valence-electron chi connectivity index (χ2n) is 7.19. The van der Waals surface area contributed by atoms with E-state index in [2.05, 4.69) is 0 Å². The molecule has 0 aliphatic carbocycles. The summed E-state index contributed by atoms with van der Waals surface area (Å²) >= 11 is 7.74. The number of primary sulfonamides is 1.